The molecule has 0 radical (unpaired) electrons. The minimum atomic E-state index is -3.11. The number of aliphatic carboxylic acids is 1. The Morgan fingerprint density at radius 1 is 1.05 bits per heavy atom. The quantitative estimate of drug-likeness (QED) is 0.565. The van der Waals surface area contributed by atoms with Crippen LogP contribution in [-0.4, -0.2) is 47.9 Å². The van der Waals surface area contributed by atoms with Crippen molar-refractivity contribution >= 4 is 33.9 Å². The van der Waals surface area contributed by atoms with Gasteiger partial charge in [0.1, 0.15) is 13.1 Å². The molecule has 0 saturated heterocycles. The highest BCUT2D eigenvalue weighted by atomic mass is 32.2. The Labute approximate surface area is 238 Å². The number of nitrogens with zero attached hydrogens (tertiary/aromatic N) is 2. The molecular weight excluding hydrogens is 524 g/mol. The van der Waals surface area contributed by atoms with E-state index in [4.69, 9.17) is 12.6 Å². The summed E-state index contributed by atoms with van der Waals surface area (Å²) in [5, 5.41) is 12.3. The second kappa shape index (κ2) is 9.98. The molecule has 40 heavy (non-hydrogen) atoms. The van der Waals surface area contributed by atoms with Gasteiger partial charge in [-0.25, -0.2) is 4.58 Å². The summed E-state index contributed by atoms with van der Waals surface area (Å²) in [6.45, 7) is 21.3. The summed E-state index contributed by atoms with van der Waals surface area (Å²) in [5.41, 5.74) is 8.44. The minimum absolute atomic E-state index is 0.0197. The summed E-state index contributed by atoms with van der Waals surface area (Å²) in [6.07, 6.45) is 5.68. The molecule has 1 unspecified atom stereocenters. The van der Waals surface area contributed by atoms with Crippen molar-refractivity contribution in [2.24, 2.45) is 0 Å². The molecule has 2 aromatic rings. The van der Waals surface area contributed by atoms with Gasteiger partial charge in [-0.05, 0) is 103 Å². The number of hydrogen-bond acceptors (Lipinski definition) is 5. The zero-order chi connectivity index (χ0) is 29.9. The summed E-state index contributed by atoms with van der Waals surface area (Å²) >= 11 is 0. The van der Waals surface area contributed by atoms with E-state index in [9.17, 15) is 9.90 Å². The lowest BCUT2D eigenvalue weighted by Gasteiger charge is -2.48. The molecule has 7 nitrogen and oxygen atoms in total. The van der Waals surface area contributed by atoms with Crippen LogP contribution in [0.2, 0.25) is 0 Å². The second-order valence-corrected chi connectivity index (χ2v) is 13.5. The second-order valence-electron chi connectivity index (χ2n) is 13.1. The SMILES string of the molecule is CC[N+]1=c2cc3c(cc2C(C)=CC1(C)C)=Cc1cc2c(cc1C3(C)C)N(CC(=O)O)C(C)(C)CC2C.O=S(=O)=O. The topological polar surface area (TPSA) is 94.8 Å². The number of likely N-dealkylation sites (N-methyl/N-ethyl adjacent to an activating group) is 1. The first-order valence-electron chi connectivity index (χ1n) is 13.9. The predicted octanol–water partition coefficient (Wildman–Crippen LogP) is 4.03. The highest BCUT2D eigenvalue weighted by Crippen LogP contribution is 2.47. The van der Waals surface area contributed by atoms with Gasteiger partial charge in [0, 0.05) is 42.1 Å². The molecule has 1 N–H and O–H groups in total. The highest BCUT2D eigenvalue weighted by molar-refractivity contribution is 7.59. The largest absolute Gasteiger partial charge is 0.480 e. The van der Waals surface area contributed by atoms with Crippen LogP contribution in [0.25, 0.3) is 11.6 Å². The average molecular weight is 566 g/mol. The molecule has 0 saturated carbocycles. The Bertz CT molecular complexity index is 1680. The van der Waals surface area contributed by atoms with Crippen molar-refractivity contribution in [1.82, 2.24) is 4.58 Å². The smallest absolute Gasteiger partial charge is 0.425 e. The lowest BCUT2D eigenvalue weighted by Crippen LogP contribution is -2.51. The zero-order valence-corrected chi connectivity index (χ0v) is 25.9. The molecule has 0 aromatic heterocycles. The molecule has 3 aliphatic rings. The van der Waals surface area contributed by atoms with Crippen molar-refractivity contribution in [3.05, 3.63) is 68.7 Å². The molecule has 2 heterocycles. The molecule has 1 atom stereocenters. The van der Waals surface area contributed by atoms with E-state index in [1.54, 1.807) is 0 Å². The highest BCUT2D eigenvalue weighted by Gasteiger charge is 2.41. The summed E-state index contributed by atoms with van der Waals surface area (Å²) in [7, 11) is -3.11. The number of carbonyl (C=O) groups is 1. The average Bonchev–Trinajstić information content (AvgIpc) is 2.80. The maximum atomic E-state index is 11.8. The molecule has 0 amide bonds. The Morgan fingerprint density at radius 2 is 1.68 bits per heavy atom. The lowest BCUT2D eigenvalue weighted by molar-refractivity contribution is -0.135. The van der Waals surface area contributed by atoms with Crippen LogP contribution in [0.15, 0.2) is 30.3 Å². The predicted molar refractivity (Wildman–Crippen MR) is 159 cm³/mol. The normalized spacial score (nSPS) is 20.8. The lowest BCUT2D eigenvalue weighted by atomic mass is 9.69. The van der Waals surface area contributed by atoms with E-state index in [0.717, 1.165) is 18.7 Å². The van der Waals surface area contributed by atoms with E-state index < -0.39 is 16.6 Å². The number of rotatable bonds is 3. The molecule has 2 aliphatic heterocycles. The number of anilines is 1. The van der Waals surface area contributed by atoms with Gasteiger partial charge in [-0.15, -0.1) is 12.6 Å². The van der Waals surface area contributed by atoms with E-state index in [-0.39, 0.29) is 23.0 Å². The van der Waals surface area contributed by atoms with Crippen molar-refractivity contribution in [2.75, 3.05) is 18.0 Å². The van der Waals surface area contributed by atoms with Gasteiger partial charge in [0.15, 0.2) is 5.54 Å². The number of fused-ring (bicyclic) bond motifs is 4. The fraction of sp³-hybridized carbons (Fsp3) is 0.500. The van der Waals surface area contributed by atoms with E-state index in [1.165, 1.54) is 44.0 Å². The number of carboxylic acid groups (broad SMARTS) is 1. The fourth-order valence-electron chi connectivity index (χ4n) is 7.33. The van der Waals surface area contributed by atoms with Gasteiger partial charge in [0.2, 0.25) is 5.36 Å². The van der Waals surface area contributed by atoms with Gasteiger partial charge < -0.3 is 10.0 Å². The van der Waals surface area contributed by atoms with Crippen LogP contribution in [-0.2, 0) is 20.8 Å². The van der Waals surface area contributed by atoms with Crippen LogP contribution in [0.4, 0.5) is 5.69 Å². The third-order valence-corrected chi connectivity index (χ3v) is 8.97. The Balaban J connectivity index is 0.000000867. The van der Waals surface area contributed by atoms with Crippen molar-refractivity contribution in [3.8, 4) is 0 Å². The minimum Gasteiger partial charge on any atom is -0.480 e. The maximum Gasteiger partial charge on any atom is 0.425 e. The molecule has 1 aliphatic carbocycles. The molecule has 0 bridgehead atoms. The molecule has 2 aromatic carbocycles. The van der Waals surface area contributed by atoms with Gasteiger partial charge in [0.05, 0.1) is 0 Å². The van der Waals surface area contributed by atoms with Crippen molar-refractivity contribution in [3.63, 3.8) is 0 Å². The van der Waals surface area contributed by atoms with Gasteiger partial charge in [-0.1, -0.05) is 20.8 Å². The standard InChI is InChI=1S/C32H40N2O2.O3S/c1-10-33-27-14-25-21(12-23(27)19(2)16-30(33,4)5)11-22-13-24-20(3)17-31(6,7)34(18-29(35)36)28(24)15-26(22)32(25,8)9;1-4(2)3/h11-16,20H,10,17-18H2,1-9H3;/p+1. The van der Waals surface area contributed by atoms with Crippen LogP contribution >= 0.6 is 0 Å². The summed E-state index contributed by atoms with van der Waals surface area (Å²) in [4.78, 5) is 14.0. The van der Waals surface area contributed by atoms with Gasteiger partial charge in [-0.3, -0.25) is 4.79 Å². The van der Waals surface area contributed by atoms with E-state index in [0.29, 0.717) is 5.92 Å². The van der Waals surface area contributed by atoms with Gasteiger partial charge >= 0.3 is 16.6 Å². The van der Waals surface area contributed by atoms with E-state index in [2.05, 4.69) is 108 Å². The van der Waals surface area contributed by atoms with E-state index >= 15 is 0 Å². The molecule has 0 fully saturated rings. The third-order valence-electron chi connectivity index (χ3n) is 8.97. The van der Waals surface area contributed by atoms with Crippen molar-refractivity contribution < 1.29 is 22.5 Å². The maximum absolute atomic E-state index is 11.8. The van der Waals surface area contributed by atoms with Crippen molar-refractivity contribution in [2.45, 2.75) is 91.1 Å². The first-order valence-corrected chi connectivity index (χ1v) is 14.9. The third kappa shape index (κ3) is 5.02. The van der Waals surface area contributed by atoms with E-state index in [1.807, 2.05) is 0 Å². The van der Waals surface area contributed by atoms with Crippen LogP contribution in [0.1, 0.15) is 102 Å². The van der Waals surface area contributed by atoms with Crippen LogP contribution in [0.5, 0.6) is 0 Å². The number of carboxylic acids is 1. The summed E-state index contributed by atoms with van der Waals surface area (Å²) in [6, 6.07) is 9.46. The number of hydrogen-bond donors (Lipinski definition) is 1. The van der Waals surface area contributed by atoms with Gasteiger partial charge in [-0.2, -0.15) is 0 Å². The monoisotopic (exact) mass is 565 g/mol. The van der Waals surface area contributed by atoms with Crippen LogP contribution < -0.4 is 20.1 Å². The Morgan fingerprint density at radius 3 is 2.25 bits per heavy atom. The Hall–Kier alpha value is -3.26. The molecule has 0 spiro atoms. The van der Waals surface area contributed by atoms with Gasteiger partial charge in [0.25, 0.3) is 0 Å². The molecule has 214 valence electrons. The van der Waals surface area contributed by atoms with Crippen LogP contribution in [0, 0.1) is 0 Å². The Kier molecular flexibility index (Phi) is 7.41. The first-order chi connectivity index (χ1) is 18.4. The fourth-order valence-corrected chi connectivity index (χ4v) is 7.33. The molecule has 8 heteroatoms. The summed E-state index contributed by atoms with van der Waals surface area (Å²) in [5.74, 6) is -0.410. The summed E-state index contributed by atoms with van der Waals surface area (Å²) < 4.78 is 27.8. The van der Waals surface area contributed by atoms with Crippen LogP contribution in [0.3, 0.4) is 0 Å². The zero-order valence-electron chi connectivity index (χ0n) is 25.0. The molecule has 5 rings (SSSR count). The number of benzene rings is 2. The number of allylic oxidation sites excluding steroid dienone is 1. The molecular formula is C32H41N2O5S+. The van der Waals surface area contributed by atoms with Crippen molar-refractivity contribution in [1.29, 1.82) is 0 Å². The first kappa shape index (κ1) is 29.7.